The third-order valence-electron chi connectivity index (χ3n) is 5.28. The van der Waals surface area contributed by atoms with Crippen LogP contribution in [-0.2, 0) is 11.3 Å². The number of carbonyl (C=O) groups is 1. The van der Waals surface area contributed by atoms with Crippen LogP contribution in [0.2, 0.25) is 0 Å². The molecule has 0 radical (unpaired) electrons. The number of nitrogens with one attached hydrogen (secondary N) is 1. The number of nitrogens with zero attached hydrogens (tertiary/aromatic N) is 4. The van der Waals surface area contributed by atoms with Crippen LogP contribution in [0.5, 0.6) is 0 Å². The molecule has 1 N–H and O–H groups in total. The van der Waals surface area contributed by atoms with Gasteiger partial charge < -0.3 is 9.73 Å². The van der Waals surface area contributed by atoms with E-state index in [9.17, 15) is 9.59 Å². The Morgan fingerprint density at radius 3 is 2.54 bits per heavy atom. The third kappa shape index (κ3) is 5.15. The van der Waals surface area contributed by atoms with Gasteiger partial charge in [-0.05, 0) is 36.2 Å². The van der Waals surface area contributed by atoms with Crippen molar-refractivity contribution in [2.24, 2.45) is 0 Å². The van der Waals surface area contributed by atoms with E-state index in [0.29, 0.717) is 23.0 Å². The van der Waals surface area contributed by atoms with Crippen LogP contribution in [0.15, 0.2) is 93.3 Å². The number of carbonyl (C=O) groups excluding carboxylic acids is 1. The van der Waals surface area contributed by atoms with Gasteiger partial charge in [0, 0.05) is 11.1 Å². The summed E-state index contributed by atoms with van der Waals surface area (Å²) in [5.41, 5.74) is 2.96. The van der Waals surface area contributed by atoms with Crippen molar-refractivity contribution in [3.05, 3.63) is 100 Å². The van der Waals surface area contributed by atoms with Crippen LogP contribution >= 0.6 is 11.8 Å². The number of rotatable bonds is 7. The number of amides is 1. The van der Waals surface area contributed by atoms with Gasteiger partial charge in [-0.2, -0.15) is 5.10 Å². The van der Waals surface area contributed by atoms with Gasteiger partial charge in [0.05, 0.1) is 17.7 Å². The summed E-state index contributed by atoms with van der Waals surface area (Å²) in [4.78, 5) is 25.4. The average molecular weight is 484 g/mol. The van der Waals surface area contributed by atoms with E-state index in [2.05, 4.69) is 20.6 Å². The Hall–Kier alpha value is -4.24. The summed E-state index contributed by atoms with van der Waals surface area (Å²) < 4.78 is 7.23. The standard InChI is InChI=1S/C26H21N5O3S/c1-17-8-7-11-19(14-17)27-22(32)16-35-26-29-28-24(34-26)23-20-12-5-6-13-21(20)25(33)31(30-23)15-18-9-3-2-4-10-18/h2-14H,15-16H2,1H3,(H,27,32). The zero-order chi connectivity index (χ0) is 24.2. The quantitative estimate of drug-likeness (QED) is 0.339. The maximum atomic E-state index is 13.1. The van der Waals surface area contributed by atoms with E-state index in [0.717, 1.165) is 28.6 Å². The van der Waals surface area contributed by atoms with E-state index >= 15 is 0 Å². The third-order valence-corrected chi connectivity index (χ3v) is 6.10. The van der Waals surface area contributed by atoms with Gasteiger partial charge in [0.2, 0.25) is 5.91 Å². The summed E-state index contributed by atoms with van der Waals surface area (Å²) in [6.45, 7) is 2.28. The number of benzene rings is 3. The van der Waals surface area contributed by atoms with Crippen LogP contribution in [0.3, 0.4) is 0 Å². The molecule has 0 saturated heterocycles. The highest BCUT2D eigenvalue weighted by molar-refractivity contribution is 7.99. The molecule has 9 heteroatoms. The molecule has 2 aromatic heterocycles. The molecule has 1 amide bonds. The van der Waals surface area contributed by atoms with Crippen LogP contribution in [0.25, 0.3) is 22.4 Å². The van der Waals surface area contributed by atoms with Gasteiger partial charge in [0.25, 0.3) is 16.7 Å². The second kappa shape index (κ2) is 9.94. The van der Waals surface area contributed by atoms with E-state index in [1.165, 1.54) is 4.68 Å². The molecule has 0 spiro atoms. The van der Waals surface area contributed by atoms with Crippen LogP contribution in [0.1, 0.15) is 11.1 Å². The SMILES string of the molecule is Cc1cccc(NC(=O)CSc2nnc(-c3nn(Cc4ccccc4)c(=O)c4ccccc34)o2)c1. The van der Waals surface area contributed by atoms with Crippen molar-refractivity contribution < 1.29 is 9.21 Å². The van der Waals surface area contributed by atoms with E-state index < -0.39 is 0 Å². The second-order valence-corrected chi connectivity index (χ2v) is 8.85. The maximum Gasteiger partial charge on any atom is 0.277 e. The Bertz CT molecular complexity index is 1560. The topological polar surface area (TPSA) is 103 Å². The molecule has 0 aliphatic rings. The van der Waals surface area contributed by atoms with Gasteiger partial charge in [0.1, 0.15) is 0 Å². The van der Waals surface area contributed by atoms with Crippen molar-refractivity contribution >= 4 is 34.1 Å². The molecule has 5 rings (SSSR count). The lowest BCUT2D eigenvalue weighted by Crippen LogP contribution is -2.24. The first-order chi connectivity index (χ1) is 17.1. The minimum absolute atomic E-state index is 0.108. The highest BCUT2D eigenvalue weighted by Gasteiger charge is 2.18. The van der Waals surface area contributed by atoms with E-state index in [1.54, 1.807) is 12.1 Å². The summed E-state index contributed by atoms with van der Waals surface area (Å²) in [5, 5.41) is 17.0. The Morgan fingerprint density at radius 2 is 1.74 bits per heavy atom. The summed E-state index contributed by atoms with van der Waals surface area (Å²) >= 11 is 1.13. The lowest BCUT2D eigenvalue weighted by Gasteiger charge is -2.09. The predicted octanol–water partition coefficient (Wildman–Crippen LogP) is 4.53. The molecule has 8 nitrogen and oxygen atoms in total. The number of anilines is 1. The minimum Gasteiger partial charge on any atom is -0.409 e. The summed E-state index contributed by atoms with van der Waals surface area (Å²) in [7, 11) is 0. The number of hydrogen-bond donors (Lipinski definition) is 1. The van der Waals surface area contributed by atoms with Gasteiger partial charge in [-0.1, -0.05) is 72.4 Å². The molecule has 0 atom stereocenters. The fourth-order valence-corrected chi connectivity index (χ4v) is 4.23. The molecule has 0 saturated carbocycles. The molecule has 3 aromatic carbocycles. The lowest BCUT2D eigenvalue weighted by molar-refractivity contribution is -0.113. The van der Waals surface area contributed by atoms with E-state index in [4.69, 9.17) is 4.42 Å². The summed E-state index contributed by atoms with van der Waals surface area (Å²) in [5.74, 6) is 0.113. The van der Waals surface area contributed by atoms with Crippen LogP contribution in [0.4, 0.5) is 5.69 Å². The highest BCUT2D eigenvalue weighted by Crippen LogP contribution is 2.27. The lowest BCUT2D eigenvalue weighted by atomic mass is 10.1. The van der Waals surface area contributed by atoms with Crippen molar-refractivity contribution in [1.82, 2.24) is 20.0 Å². The van der Waals surface area contributed by atoms with E-state index in [-0.39, 0.29) is 28.3 Å². The fourth-order valence-electron chi connectivity index (χ4n) is 3.67. The number of aromatic nitrogens is 4. The molecule has 35 heavy (non-hydrogen) atoms. The number of aryl methyl sites for hydroxylation is 1. The zero-order valence-electron chi connectivity index (χ0n) is 18.8. The van der Waals surface area contributed by atoms with Crippen molar-refractivity contribution in [2.75, 3.05) is 11.1 Å². The van der Waals surface area contributed by atoms with Gasteiger partial charge in [-0.25, -0.2) is 4.68 Å². The van der Waals surface area contributed by atoms with E-state index in [1.807, 2.05) is 73.7 Å². The van der Waals surface area contributed by atoms with Gasteiger partial charge in [-0.3, -0.25) is 9.59 Å². The van der Waals surface area contributed by atoms with Crippen LogP contribution < -0.4 is 10.9 Å². The van der Waals surface area contributed by atoms with Crippen molar-refractivity contribution in [3.63, 3.8) is 0 Å². The molecule has 0 aliphatic carbocycles. The van der Waals surface area contributed by atoms with Crippen LogP contribution in [0, 0.1) is 6.92 Å². The Kier molecular flexibility index (Phi) is 6.40. The van der Waals surface area contributed by atoms with Crippen LogP contribution in [-0.4, -0.2) is 31.6 Å². The molecule has 174 valence electrons. The molecule has 0 unspecified atom stereocenters. The molecule has 0 fully saturated rings. The smallest absolute Gasteiger partial charge is 0.277 e. The van der Waals surface area contributed by atoms with Crippen molar-refractivity contribution in [3.8, 4) is 11.6 Å². The highest BCUT2D eigenvalue weighted by atomic mass is 32.2. The first kappa shape index (κ1) is 22.5. The average Bonchev–Trinajstić information content (AvgIpc) is 3.34. The summed E-state index contributed by atoms with van der Waals surface area (Å²) in [6.07, 6.45) is 0. The Balaban J connectivity index is 1.39. The number of thioether (sulfide) groups is 1. The molecule has 0 aliphatic heterocycles. The minimum atomic E-state index is -0.199. The first-order valence-electron chi connectivity index (χ1n) is 10.9. The van der Waals surface area contributed by atoms with Crippen molar-refractivity contribution in [2.45, 2.75) is 18.7 Å². The zero-order valence-corrected chi connectivity index (χ0v) is 19.7. The second-order valence-electron chi connectivity index (χ2n) is 7.92. The molecule has 2 heterocycles. The predicted molar refractivity (Wildman–Crippen MR) is 135 cm³/mol. The normalized spacial score (nSPS) is 11.0. The maximum absolute atomic E-state index is 13.1. The fraction of sp³-hybridized carbons (Fsp3) is 0.115. The number of fused-ring (bicyclic) bond motifs is 1. The summed E-state index contributed by atoms with van der Waals surface area (Å²) in [6, 6.07) is 24.4. The monoisotopic (exact) mass is 483 g/mol. The largest absolute Gasteiger partial charge is 0.409 e. The number of hydrogen-bond acceptors (Lipinski definition) is 7. The first-order valence-corrected chi connectivity index (χ1v) is 11.9. The molecular formula is C26H21N5O3S. The van der Waals surface area contributed by atoms with Gasteiger partial charge in [0.15, 0.2) is 5.69 Å². The molecule has 5 aromatic rings. The Morgan fingerprint density at radius 1 is 0.971 bits per heavy atom. The van der Waals surface area contributed by atoms with Gasteiger partial charge >= 0.3 is 0 Å². The Labute approximate surface area is 205 Å². The van der Waals surface area contributed by atoms with Crippen molar-refractivity contribution in [1.29, 1.82) is 0 Å². The molecule has 0 bridgehead atoms. The molecular weight excluding hydrogens is 462 g/mol. The van der Waals surface area contributed by atoms with Gasteiger partial charge in [-0.15, -0.1) is 10.2 Å².